The molecule has 0 bridgehead atoms. The second-order valence-electron chi connectivity index (χ2n) is 7.27. The van der Waals surface area contributed by atoms with Gasteiger partial charge in [-0.25, -0.2) is 9.37 Å². The molecule has 6 nitrogen and oxygen atoms in total. The summed E-state index contributed by atoms with van der Waals surface area (Å²) in [4.78, 5) is 10.9. The van der Waals surface area contributed by atoms with Crippen LogP contribution in [0.3, 0.4) is 0 Å². The number of rotatable bonds is 10. The smallest absolute Gasteiger partial charge is 0.191 e. The maximum atomic E-state index is 14.5. The third-order valence-corrected chi connectivity index (χ3v) is 5.17. The van der Waals surface area contributed by atoms with Crippen LogP contribution in [0.15, 0.2) is 35.6 Å². The van der Waals surface area contributed by atoms with E-state index in [0.29, 0.717) is 18.3 Å². The van der Waals surface area contributed by atoms with Gasteiger partial charge in [0.15, 0.2) is 5.96 Å². The number of nitrogens with zero attached hydrogens (tertiary/aromatic N) is 4. The number of aromatic nitrogens is 2. The fraction of sp³-hybridized carbons (Fsp3) is 0.545. The molecule has 1 heterocycles. The third kappa shape index (κ3) is 7.86. The quantitative estimate of drug-likeness (QED) is 0.276. The van der Waals surface area contributed by atoms with Crippen molar-refractivity contribution < 1.29 is 4.39 Å². The van der Waals surface area contributed by atoms with Crippen molar-refractivity contribution in [3.8, 4) is 5.69 Å². The lowest BCUT2D eigenvalue weighted by atomic mass is 10.1. The van der Waals surface area contributed by atoms with Gasteiger partial charge in [0, 0.05) is 32.0 Å². The minimum absolute atomic E-state index is 0. The Balaban J connectivity index is 0.00000450. The van der Waals surface area contributed by atoms with E-state index in [9.17, 15) is 4.39 Å². The predicted octanol–water partition coefficient (Wildman–Crippen LogP) is 4.11. The van der Waals surface area contributed by atoms with Gasteiger partial charge in [0.25, 0.3) is 0 Å². The molecule has 0 spiro atoms. The van der Waals surface area contributed by atoms with Gasteiger partial charge in [-0.05, 0) is 64.0 Å². The van der Waals surface area contributed by atoms with Crippen LogP contribution >= 0.6 is 24.0 Å². The minimum atomic E-state index is -0.266. The SMILES string of the molecule is CCN(CC)CCCC(C)NC(=NC)NCc1ccc(-n2ccnc2C)c(F)c1.I. The molecule has 0 saturated heterocycles. The maximum absolute atomic E-state index is 14.5. The van der Waals surface area contributed by atoms with E-state index in [1.165, 1.54) is 0 Å². The molecule has 2 rings (SSSR count). The predicted molar refractivity (Wildman–Crippen MR) is 133 cm³/mol. The highest BCUT2D eigenvalue weighted by Gasteiger charge is 2.10. The highest BCUT2D eigenvalue weighted by Crippen LogP contribution is 2.16. The first kappa shape index (κ1) is 26.4. The van der Waals surface area contributed by atoms with Gasteiger partial charge in [-0.3, -0.25) is 4.99 Å². The summed E-state index contributed by atoms with van der Waals surface area (Å²) in [6.07, 6.45) is 5.65. The zero-order valence-electron chi connectivity index (χ0n) is 18.8. The lowest BCUT2D eigenvalue weighted by Crippen LogP contribution is -2.42. The van der Waals surface area contributed by atoms with Crippen molar-refractivity contribution in [2.75, 3.05) is 26.7 Å². The Hall–Kier alpha value is -1.68. The Kier molecular flexibility index (Phi) is 11.9. The van der Waals surface area contributed by atoms with Crippen molar-refractivity contribution in [3.63, 3.8) is 0 Å². The summed E-state index contributed by atoms with van der Waals surface area (Å²) in [7, 11) is 1.75. The summed E-state index contributed by atoms with van der Waals surface area (Å²) in [5, 5.41) is 6.69. The van der Waals surface area contributed by atoms with Crippen LogP contribution in [0.2, 0.25) is 0 Å². The molecule has 8 heteroatoms. The molecule has 0 saturated carbocycles. The molecule has 1 aromatic heterocycles. The Morgan fingerprint density at radius 2 is 2.03 bits per heavy atom. The fourth-order valence-corrected chi connectivity index (χ4v) is 3.34. The molecule has 168 valence electrons. The van der Waals surface area contributed by atoms with E-state index in [-0.39, 0.29) is 29.8 Å². The first-order chi connectivity index (χ1) is 14.0. The molecule has 1 atom stereocenters. The van der Waals surface area contributed by atoms with Crippen molar-refractivity contribution in [3.05, 3.63) is 47.8 Å². The molecular weight excluding hydrogens is 494 g/mol. The number of benzene rings is 1. The van der Waals surface area contributed by atoms with E-state index in [2.05, 4.69) is 46.3 Å². The van der Waals surface area contributed by atoms with Crippen molar-refractivity contribution in [2.45, 2.75) is 53.1 Å². The summed E-state index contributed by atoms with van der Waals surface area (Å²) < 4.78 is 16.3. The fourth-order valence-electron chi connectivity index (χ4n) is 3.34. The number of imidazole rings is 1. The number of aliphatic imine (C=N–C) groups is 1. The average molecular weight is 530 g/mol. The number of guanidine groups is 1. The van der Waals surface area contributed by atoms with E-state index in [4.69, 9.17) is 0 Å². The molecule has 2 N–H and O–H groups in total. The summed E-state index contributed by atoms with van der Waals surface area (Å²) in [6.45, 7) is 12.2. The van der Waals surface area contributed by atoms with Crippen LogP contribution in [-0.4, -0.2) is 53.1 Å². The minimum Gasteiger partial charge on any atom is -0.354 e. The van der Waals surface area contributed by atoms with Gasteiger partial charge in [-0.1, -0.05) is 19.9 Å². The van der Waals surface area contributed by atoms with Gasteiger partial charge in [0.2, 0.25) is 0 Å². The standard InChI is InChI=1S/C22H35FN6.HI/c1-6-28(7-2)13-8-9-17(3)27-22(24-5)26-16-19-10-11-21(20(23)15-19)29-14-12-25-18(29)4;/h10-12,14-15,17H,6-9,13,16H2,1-5H3,(H2,24,26,27);1H. The van der Waals surface area contributed by atoms with Crippen LogP contribution < -0.4 is 10.6 Å². The van der Waals surface area contributed by atoms with E-state index >= 15 is 0 Å². The van der Waals surface area contributed by atoms with Gasteiger partial charge < -0.3 is 20.1 Å². The van der Waals surface area contributed by atoms with Crippen molar-refractivity contribution >= 4 is 29.9 Å². The van der Waals surface area contributed by atoms with E-state index in [1.54, 1.807) is 36.1 Å². The Bertz CT molecular complexity index is 788. The number of aryl methyl sites for hydroxylation is 1. The maximum Gasteiger partial charge on any atom is 0.191 e. The van der Waals surface area contributed by atoms with Gasteiger partial charge >= 0.3 is 0 Å². The molecule has 2 aromatic rings. The van der Waals surface area contributed by atoms with Crippen LogP contribution in [-0.2, 0) is 6.54 Å². The number of nitrogens with one attached hydrogen (secondary N) is 2. The summed E-state index contributed by atoms with van der Waals surface area (Å²) in [6, 6.07) is 5.58. The number of hydrogen-bond acceptors (Lipinski definition) is 3. The molecule has 0 fully saturated rings. The zero-order chi connectivity index (χ0) is 21.2. The van der Waals surface area contributed by atoms with Gasteiger partial charge in [-0.15, -0.1) is 24.0 Å². The monoisotopic (exact) mass is 530 g/mol. The highest BCUT2D eigenvalue weighted by molar-refractivity contribution is 14.0. The molecule has 0 aliphatic heterocycles. The molecule has 30 heavy (non-hydrogen) atoms. The first-order valence-electron chi connectivity index (χ1n) is 10.5. The Morgan fingerprint density at radius 3 is 2.60 bits per heavy atom. The lowest BCUT2D eigenvalue weighted by Gasteiger charge is -2.21. The Morgan fingerprint density at radius 1 is 1.30 bits per heavy atom. The zero-order valence-corrected chi connectivity index (χ0v) is 21.1. The lowest BCUT2D eigenvalue weighted by molar-refractivity contribution is 0.292. The summed E-state index contributed by atoms with van der Waals surface area (Å²) in [5.41, 5.74) is 1.37. The van der Waals surface area contributed by atoms with Crippen molar-refractivity contribution in [2.24, 2.45) is 4.99 Å². The summed E-state index contributed by atoms with van der Waals surface area (Å²) in [5.74, 6) is 1.22. The largest absolute Gasteiger partial charge is 0.354 e. The van der Waals surface area contributed by atoms with Crippen molar-refractivity contribution in [1.82, 2.24) is 25.1 Å². The van der Waals surface area contributed by atoms with E-state index in [1.807, 2.05) is 13.0 Å². The normalized spacial score (nSPS) is 12.6. The first-order valence-corrected chi connectivity index (χ1v) is 10.5. The van der Waals surface area contributed by atoms with E-state index < -0.39 is 0 Å². The topological polar surface area (TPSA) is 57.5 Å². The van der Waals surface area contributed by atoms with Crippen LogP contribution in [0, 0.1) is 12.7 Å². The van der Waals surface area contributed by atoms with Gasteiger partial charge in [-0.2, -0.15) is 0 Å². The molecule has 1 unspecified atom stereocenters. The molecular formula is C22H36FIN6. The summed E-state index contributed by atoms with van der Waals surface area (Å²) >= 11 is 0. The molecule has 0 aliphatic rings. The van der Waals surface area contributed by atoms with Crippen LogP contribution in [0.5, 0.6) is 0 Å². The Labute approximate surface area is 197 Å². The van der Waals surface area contributed by atoms with Gasteiger partial charge in [0.05, 0.1) is 5.69 Å². The molecule has 0 radical (unpaired) electrons. The average Bonchev–Trinajstić information content (AvgIpc) is 3.14. The third-order valence-electron chi connectivity index (χ3n) is 5.17. The van der Waals surface area contributed by atoms with Crippen LogP contribution in [0.4, 0.5) is 4.39 Å². The van der Waals surface area contributed by atoms with Crippen molar-refractivity contribution in [1.29, 1.82) is 0 Å². The molecule has 1 aromatic carbocycles. The van der Waals surface area contributed by atoms with Crippen LogP contribution in [0.25, 0.3) is 5.69 Å². The van der Waals surface area contributed by atoms with Crippen LogP contribution in [0.1, 0.15) is 45.0 Å². The second kappa shape index (κ2) is 13.6. The molecule has 0 amide bonds. The molecule has 0 aliphatic carbocycles. The number of halogens is 2. The second-order valence-corrected chi connectivity index (χ2v) is 7.27. The van der Waals surface area contributed by atoms with Gasteiger partial charge in [0.1, 0.15) is 11.6 Å². The van der Waals surface area contributed by atoms with E-state index in [0.717, 1.165) is 49.8 Å². The number of hydrogen-bond donors (Lipinski definition) is 2. The highest BCUT2D eigenvalue weighted by atomic mass is 127.